The summed E-state index contributed by atoms with van der Waals surface area (Å²) in [6.45, 7) is 4.58. The molecule has 24 heavy (non-hydrogen) atoms. The molecule has 0 aliphatic carbocycles. The average molecular weight is 329 g/mol. The molecule has 4 rings (SSSR count). The zero-order valence-electron chi connectivity index (χ0n) is 14.2. The first-order valence-electron chi connectivity index (χ1n) is 8.58. The highest BCUT2D eigenvalue weighted by molar-refractivity contribution is 5.39. The second-order valence-corrected chi connectivity index (χ2v) is 6.75. The van der Waals surface area contributed by atoms with Crippen LogP contribution in [0.3, 0.4) is 0 Å². The van der Waals surface area contributed by atoms with Gasteiger partial charge in [0.15, 0.2) is 5.82 Å². The summed E-state index contributed by atoms with van der Waals surface area (Å²) in [6.07, 6.45) is 2.71. The Morgan fingerprint density at radius 2 is 2.17 bits per heavy atom. The Bertz CT molecular complexity index is 705. The van der Waals surface area contributed by atoms with Crippen LogP contribution >= 0.6 is 0 Å². The molecule has 0 spiro atoms. The van der Waals surface area contributed by atoms with E-state index in [-0.39, 0.29) is 12.2 Å². The summed E-state index contributed by atoms with van der Waals surface area (Å²) in [6, 6.07) is 6.41. The molecule has 0 saturated carbocycles. The molecule has 0 unspecified atom stereocenters. The lowest BCUT2D eigenvalue weighted by Crippen LogP contribution is -2.40. The van der Waals surface area contributed by atoms with Crippen molar-refractivity contribution in [2.75, 3.05) is 26.7 Å². The van der Waals surface area contributed by atoms with Crippen LogP contribution in [0.15, 0.2) is 22.7 Å². The highest BCUT2D eigenvalue weighted by Gasteiger charge is 2.28. The van der Waals surface area contributed by atoms with E-state index in [9.17, 15) is 0 Å². The maximum atomic E-state index is 5.92. The van der Waals surface area contributed by atoms with Crippen molar-refractivity contribution in [3.05, 3.63) is 41.0 Å². The predicted molar refractivity (Wildman–Crippen MR) is 88.1 cm³/mol. The second-order valence-electron chi connectivity index (χ2n) is 6.75. The fraction of sp³-hybridized carbons (Fsp3) is 0.556. The number of rotatable bonds is 4. The van der Waals surface area contributed by atoms with Crippen LogP contribution in [0, 0.1) is 0 Å². The highest BCUT2D eigenvalue weighted by atomic mass is 16.5. The highest BCUT2D eigenvalue weighted by Crippen LogP contribution is 2.26. The van der Waals surface area contributed by atoms with E-state index in [0.29, 0.717) is 5.89 Å². The van der Waals surface area contributed by atoms with Crippen molar-refractivity contribution in [2.45, 2.75) is 38.4 Å². The Hall–Kier alpha value is -1.92. The van der Waals surface area contributed by atoms with E-state index >= 15 is 0 Å². The largest absolute Gasteiger partial charge is 0.493 e. The first-order chi connectivity index (χ1) is 11.7. The first-order valence-corrected chi connectivity index (χ1v) is 8.58. The van der Waals surface area contributed by atoms with Crippen LogP contribution in [0.2, 0.25) is 0 Å². The first kappa shape index (κ1) is 15.6. The number of ether oxygens (including phenoxy) is 2. The molecular formula is C18H23N3O3. The number of nitrogens with zero attached hydrogens (tertiary/aromatic N) is 3. The molecule has 6 nitrogen and oxygen atoms in total. The standard InChI is InChI=1S/C18H23N3O3/c1-12-10-21(2)11-16(23-12)18-19-17(20-24-18)6-4-13-3-5-15-14(9-13)7-8-22-15/h3,5,9,12,16H,4,6-8,10-11H2,1-2H3/t12-,16-/m1/s1. The Morgan fingerprint density at radius 1 is 1.25 bits per heavy atom. The zero-order valence-corrected chi connectivity index (χ0v) is 14.2. The van der Waals surface area contributed by atoms with Gasteiger partial charge in [0.1, 0.15) is 11.9 Å². The molecule has 1 aromatic carbocycles. The molecule has 2 atom stereocenters. The van der Waals surface area contributed by atoms with Gasteiger partial charge in [0.05, 0.1) is 12.7 Å². The third kappa shape index (κ3) is 3.30. The van der Waals surface area contributed by atoms with Gasteiger partial charge in [0.2, 0.25) is 0 Å². The summed E-state index contributed by atoms with van der Waals surface area (Å²) in [5.74, 6) is 2.35. The van der Waals surface area contributed by atoms with Gasteiger partial charge in [0.25, 0.3) is 5.89 Å². The quantitative estimate of drug-likeness (QED) is 0.857. The van der Waals surface area contributed by atoms with Crippen molar-refractivity contribution < 1.29 is 14.0 Å². The number of morpholine rings is 1. The molecule has 1 aromatic heterocycles. The molecule has 2 aliphatic rings. The topological polar surface area (TPSA) is 60.6 Å². The molecule has 0 radical (unpaired) electrons. The third-order valence-corrected chi connectivity index (χ3v) is 4.59. The van der Waals surface area contributed by atoms with Crippen LogP contribution in [0.25, 0.3) is 0 Å². The number of aryl methyl sites for hydroxylation is 2. The summed E-state index contributed by atoms with van der Waals surface area (Å²) < 4.78 is 16.9. The number of hydrogen-bond donors (Lipinski definition) is 0. The summed E-state index contributed by atoms with van der Waals surface area (Å²) in [5.41, 5.74) is 2.59. The summed E-state index contributed by atoms with van der Waals surface area (Å²) >= 11 is 0. The van der Waals surface area contributed by atoms with E-state index in [2.05, 4.69) is 47.2 Å². The summed E-state index contributed by atoms with van der Waals surface area (Å²) in [7, 11) is 2.08. The van der Waals surface area contributed by atoms with Gasteiger partial charge in [-0.2, -0.15) is 4.98 Å². The lowest BCUT2D eigenvalue weighted by Gasteiger charge is -2.32. The van der Waals surface area contributed by atoms with Crippen LogP contribution in [-0.2, 0) is 24.0 Å². The van der Waals surface area contributed by atoms with Gasteiger partial charge in [0, 0.05) is 25.9 Å². The molecule has 128 valence electrons. The Morgan fingerprint density at radius 3 is 3.04 bits per heavy atom. The fourth-order valence-corrected chi connectivity index (χ4v) is 3.45. The van der Waals surface area contributed by atoms with Crippen molar-refractivity contribution in [3.63, 3.8) is 0 Å². The number of aromatic nitrogens is 2. The second kappa shape index (κ2) is 6.53. The summed E-state index contributed by atoms with van der Waals surface area (Å²) in [5, 5.41) is 4.12. The van der Waals surface area contributed by atoms with E-state index in [4.69, 9.17) is 14.0 Å². The SMILES string of the molecule is C[C@@H]1CN(C)C[C@H](c2nc(CCc3ccc4c(c3)CCO4)no2)O1. The minimum Gasteiger partial charge on any atom is -0.493 e. The van der Waals surface area contributed by atoms with Gasteiger partial charge >= 0.3 is 0 Å². The molecule has 0 amide bonds. The van der Waals surface area contributed by atoms with Gasteiger partial charge in [-0.25, -0.2) is 0 Å². The minimum atomic E-state index is -0.128. The van der Waals surface area contributed by atoms with Crippen molar-refractivity contribution in [3.8, 4) is 5.75 Å². The van der Waals surface area contributed by atoms with Crippen LogP contribution in [0.1, 0.15) is 35.9 Å². The van der Waals surface area contributed by atoms with Crippen LogP contribution in [-0.4, -0.2) is 47.9 Å². The Balaban J connectivity index is 1.38. The lowest BCUT2D eigenvalue weighted by molar-refractivity contribution is -0.0838. The van der Waals surface area contributed by atoms with Gasteiger partial charge in [-0.15, -0.1) is 0 Å². The van der Waals surface area contributed by atoms with Gasteiger partial charge in [-0.1, -0.05) is 17.3 Å². The summed E-state index contributed by atoms with van der Waals surface area (Å²) in [4.78, 5) is 6.77. The Labute approximate surface area is 141 Å². The number of fused-ring (bicyclic) bond motifs is 1. The van der Waals surface area contributed by atoms with Crippen molar-refractivity contribution in [1.29, 1.82) is 0 Å². The van der Waals surface area contributed by atoms with Gasteiger partial charge in [-0.3, -0.25) is 0 Å². The van der Waals surface area contributed by atoms with Crippen molar-refractivity contribution >= 4 is 0 Å². The molecule has 2 aromatic rings. The molecule has 6 heteroatoms. The fourth-order valence-electron chi connectivity index (χ4n) is 3.45. The number of likely N-dealkylation sites (N-methyl/N-ethyl adjacent to an activating group) is 1. The molecule has 0 bridgehead atoms. The van der Waals surface area contributed by atoms with Gasteiger partial charge in [-0.05, 0) is 37.6 Å². The third-order valence-electron chi connectivity index (χ3n) is 4.59. The normalized spacial score (nSPS) is 23.9. The van der Waals surface area contributed by atoms with Gasteiger partial charge < -0.3 is 18.9 Å². The predicted octanol–water partition coefficient (Wildman–Crippen LogP) is 2.18. The molecule has 0 N–H and O–H groups in total. The number of benzene rings is 1. The molecule has 2 aliphatic heterocycles. The van der Waals surface area contributed by atoms with E-state index in [1.54, 1.807) is 0 Å². The van der Waals surface area contributed by atoms with Crippen LogP contribution in [0.5, 0.6) is 5.75 Å². The Kier molecular flexibility index (Phi) is 4.24. The minimum absolute atomic E-state index is 0.128. The molecular weight excluding hydrogens is 306 g/mol. The monoisotopic (exact) mass is 329 g/mol. The average Bonchev–Trinajstić information content (AvgIpc) is 3.20. The zero-order chi connectivity index (χ0) is 16.5. The molecule has 3 heterocycles. The van der Waals surface area contributed by atoms with Crippen LogP contribution in [0.4, 0.5) is 0 Å². The van der Waals surface area contributed by atoms with E-state index in [1.807, 2.05) is 0 Å². The maximum absolute atomic E-state index is 5.92. The van der Waals surface area contributed by atoms with Crippen molar-refractivity contribution in [1.82, 2.24) is 15.0 Å². The van der Waals surface area contributed by atoms with E-state index in [1.165, 1.54) is 11.1 Å². The van der Waals surface area contributed by atoms with E-state index in [0.717, 1.165) is 50.5 Å². The van der Waals surface area contributed by atoms with Crippen LogP contribution < -0.4 is 4.74 Å². The maximum Gasteiger partial charge on any atom is 0.257 e. The molecule has 1 fully saturated rings. The smallest absolute Gasteiger partial charge is 0.257 e. The lowest BCUT2D eigenvalue weighted by atomic mass is 10.0. The number of hydrogen-bond acceptors (Lipinski definition) is 6. The van der Waals surface area contributed by atoms with Crippen molar-refractivity contribution in [2.24, 2.45) is 0 Å². The van der Waals surface area contributed by atoms with E-state index < -0.39 is 0 Å². The molecule has 1 saturated heterocycles.